The molecule has 1 aromatic carbocycles. The molecule has 0 aromatic heterocycles. The third kappa shape index (κ3) is 3.11. The molecule has 110 valence electrons. The number of benzene rings is 1. The van der Waals surface area contributed by atoms with Gasteiger partial charge in [-0.1, -0.05) is 23.7 Å². The fourth-order valence-corrected chi connectivity index (χ4v) is 3.47. The van der Waals surface area contributed by atoms with Gasteiger partial charge in [-0.3, -0.25) is 4.79 Å². The van der Waals surface area contributed by atoms with Crippen LogP contribution in [0.25, 0.3) is 0 Å². The average molecular weight is 315 g/mol. The molecule has 20 heavy (non-hydrogen) atoms. The fourth-order valence-electron chi connectivity index (χ4n) is 3.26. The van der Waals surface area contributed by atoms with Crippen LogP contribution >= 0.6 is 24.0 Å². The second kappa shape index (κ2) is 6.33. The van der Waals surface area contributed by atoms with E-state index in [1.807, 2.05) is 19.1 Å². The van der Waals surface area contributed by atoms with Crippen LogP contribution < -0.4 is 10.6 Å². The number of aryl methyl sites for hydroxylation is 1. The average Bonchev–Trinajstić information content (AvgIpc) is 2.72. The Hall–Kier alpha value is -0.770. The van der Waals surface area contributed by atoms with Crippen LogP contribution in [0.15, 0.2) is 18.2 Å². The molecule has 2 aliphatic heterocycles. The number of carbonyl (C=O) groups excluding carboxylic acids is 1. The molecule has 2 bridgehead atoms. The Balaban J connectivity index is 0.00000147. The second-order valence-electron chi connectivity index (χ2n) is 5.72. The van der Waals surface area contributed by atoms with E-state index in [2.05, 4.69) is 10.6 Å². The fraction of sp³-hybridized carbons (Fsp3) is 0.533. The highest BCUT2D eigenvalue weighted by molar-refractivity contribution is 6.34. The molecular formula is C15H20Cl2N2O. The summed E-state index contributed by atoms with van der Waals surface area (Å²) in [6, 6.07) is 7.03. The van der Waals surface area contributed by atoms with Crippen LogP contribution in [0.4, 0.5) is 0 Å². The first-order valence-corrected chi connectivity index (χ1v) is 7.33. The zero-order chi connectivity index (χ0) is 13.4. The number of nitrogens with one attached hydrogen (secondary N) is 2. The summed E-state index contributed by atoms with van der Waals surface area (Å²) in [5.41, 5.74) is 1.53. The molecule has 2 saturated heterocycles. The summed E-state index contributed by atoms with van der Waals surface area (Å²) >= 11 is 6.20. The Labute approximate surface area is 130 Å². The number of amides is 1. The maximum absolute atomic E-state index is 12.3. The van der Waals surface area contributed by atoms with E-state index in [0.29, 0.717) is 22.7 Å². The summed E-state index contributed by atoms with van der Waals surface area (Å²) in [5, 5.41) is 7.28. The van der Waals surface area contributed by atoms with Gasteiger partial charge >= 0.3 is 0 Å². The minimum Gasteiger partial charge on any atom is -0.349 e. The quantitative estimate of drug-likeness (QED) is 0.880. The summed E-state index contributed by atoms with van der Waals surface area (Å²) in [6.45, 7) is 1.92. The molecule has 0 aliphatic carbocycles. The number of rotatable bonds is 2. The van der Waals surface area contributed by atoms with Crippen molar-refractivity contribution in [2.45, 2.75) is 50.7 Å². The Bertz CT molecular complexity index is 495. The molecule has 1 amide bonds. The largest absolute Gasteiger partial charge is 0.349 e. The molecule has 0 radical (unpaired) electrons. The number of halogens is 2. The summed E-state index contributed by atoms with van der Waals surface area (Å²) < 4.78 is 0. The van der Waals surface area contributed by atoms with Gasteiger partial charge in [0.1, 0.15) is 0 Å². The van der Waals surface area contributed by atoms with Gasteiger partial charge in [0.2, 0.25) is 0 Å². The zero-order valence-electron chi connectivity index (χ0n) is 11.5. The lowest BCUT2D eigenvalue weighted by Crippen LogP contribution is -2.48. The monoisotopic (exact) mass is 314 g/mol. The predicted octanol–water partition coefficient (Wildman–Crippen LogP) is 3.08. The molecule has 2 atom stereocenters. The highest BCUT2D eigenvalue weighted by Gasteiger charge is 2.34. The van der Waals surface area contributed by atoms with Gasteiger partial charge in [-0.25, -0.2) is 0 Å². The van der Waals surface area contributed by atoms with Crippen LogP contribution in [0, 0.1) is 6.92 Å². The highest BCUT2D eigenvalue weighted by atomic mass is 35.5. The lowest BCUT2D eigenvalue weighted by atomic mass is 9.99. The smallest absolute Gasteiger partial charge is 0.253 e. The standard InChI is InChI=1S/C15H19ClN2O.ClH/c1-9-3-2-4-13(14(9)16)15(19)18-12-7-10-5-6-11(8-12)17-10;/h2-4,10-12,17H,5-8H2,1H3,(H,18,19);1H. The number of fused-ring (bicyclic) bond motifs is 2. The van der Waals surface area contributed by atoms with Crippen LogP contribution in [0.3, 0.4) is 0 Å². The SMILES string of the molecule is Cc1cccc(C(=O)NC2CC3CCC(C2)N3)c1Cl.Cl. The van der Waals surface area contributed by atoms with E-state index in [-0.39, 0.29) is 24.4 Å². The van der Waals surface area contributed by atoms with E-state index in [4.69, 9.17) is 11.6 Å². The topological polar surface area (TPSA) is 41.1 Å². The van der Waals surface area contributed by atoms with Crippen molar-refractivity contribution in [1.82, 2.24) is 10.6 Å². The van der Waals surface area contributed by atoms with Crippen molar-refractivity contribution in [3.8, 4) is 0 Å². The molecule has 0 saturated carbocycles. The summed E-state index contributed by atoms with van der Waals surface area (Å²) in [4.78, 5) is 12.3. The van der Waals surface area contributed by atoms with Crippen LogP contribution in [0.5, 0.6) is 0 Å². The zero-order valence-corrected chi connectivity index (χ0v) is 13.1. The molecular weight excluding hydrogens is 295 g/mol. The van der Waals surface area contributed by atoms with Gasteiger partial charge in [0, 0.05) is 18.1 Å². The number of piperidine rings is 1. The maximum atomic E-state index is 12.3. The Morgan fingerprint density at radius 1 is 1.30 bits per heavy atom. The molecule has 2 heterocycles. The van der Waals surface area contributed by atoms with E-state index < -0.39 is 0 Å². The first-order valence-electron chi connectivity index (χ1n) is 6.95. The minimum atomic E-state index is -0.0417. The maximum Gasteiger partial charge on any atom is 0.253 e. The molecule has 2 N–H and O–H groups in total. The number of hydrogen-bond acceptors (Lipinski definition) is 2. The van der Waals surface area contributed by atoms with Crippen LogP contribution in [-0.4, -0.2) is 24.0 Å². The van der Waals surface area contributed by atoms with Gasteiger partial charge in [0.25, 0.3) is 5.91 Å². The van der Waals surface area contributed by atoms with E-state index in [0.717, 1.165) is 18.4 Å². The lowest BCUT2D eigenvalue weighted by molar-refractivity contribution is 0.0924. The van der Waals surface area contributed by atoms with Crippen molar-refractivity contribution in [3.63, 3.8) is 0 Å². The van der Waals surface area contributed by atoms with Crippen molar-refractivity contribution in [2.75, 3.05) is 0 Å². The van der Waals surface area contributed by atoms with Crippen LogP contribution in [0.1, 0.15) is 41.6 Å². The Morgan fingerprint density at radius 3 is 2.60 bits per heavy atom. The Morgan fingerprint density at radius 2 is 1.95 bits per heavy atom. The van der Waals surface area contributed by atoms with Crippen molar-refractivity contribution < 1.29 is 4.79 Å². The van der Waals surface area contributed by atoms with Gasteiger partial charge in [-0.05, 0) is 44.2 Å². The van der Waals surface area contributed by atoms with Gasteiger partial charge in [0.15, 0.2) is 0 Å². The van der Waals surface area contributed by atoms with Crippen LogP contribution in [-0.2, 0) is 0 Å². The number of carbonyl (C=O) groups is 1. The van der Waals surface area contributed by atoms with Crippen molar-refractivity contribution in [1.29, 1.82) is 0 Å². The number of hydrogen-bond donors (Lipinski definition) is 2. The van der Waals surface area contributed by atoms with Crippen LogP contribution in [0.2, 0.25) is 5.02 Å². The molecule has 0 spiro atoms. The first kappa shape index (κ1) is 15.6. The first-order chi connectivity index (χ1) is 9.13. The van der Waals surface area contributed by atoms with Gasteiger partial charge in [-0.15, -0.1) is 12.4 Å². The van der Waals surface area contributed by atoms with Gasteiger partial charge < -0.3 is 10.6 Å². The third-order valence-electron chi connectivity index (χ3n) is 4.24. The normalized spacial score (nSPS) is 27.8. The van der Waals surface area contributed by atoms with E-state index in [1.54, 1.807) is 6.07 Å². The summed E-state index contributed by atoms with van der Waals surface area (Å²) in [7, 11) is 0. The second-order valence-corrected chi connectivity index (χ2v) is 6.09. The predicted molar refractivity (Wildman–Crippen MR) is 83.9 cm³/mol. The van der Waals surface area contributed by atoms with Crippen molar-refractivity contribution in [3.05, 3.63) is 34.3 Å². The molecule has 5 heteroatoms. The minimum absolute atomic E-state index is 0. The lowest BCUT2D eigenvalue weighted by Gasteiger charge is -2.29. The Kier molecular flexibility index (Phi) is 4.95. The molecule has 3 nitrogen and oxygen atoms in total. The van der Waals surface area contributed by atoms with E-state index in [9.17, 15) is 4.79 Å². The van der Waals surface area contributed by atoms with E-state index in [1.165, 1.54) is 12.8 Å². The molecule has 2 fully saturated rings. The van der Waals surface area contributed by atoms with Crippen molar-refractivity contribution in [2.24, 2.45) is 0 Å². The molecule has 2 aliphatic rings. The third-order valence-corrected chi connectivity index (χ3v) is 4.75. The molecule has 2 unspecified atom stereocenters. The summed E-state index contributed by atoms with van der Waals surface area (Å²) in [5.74, 6) is -0.0417. The highest BCUT2D eigenvalue weighted by Crippen LogP contribution is 2.27. The summed E-state index contributed by atoms with van der Waals surface area (Å²) in [6.07, 6.45) is 4.54. The molecule has 1 aromatic rings. The van der Waals surface area contributed by atoms with Gasteiger partial charge in [0.05, 0.1) is 10.6 Å². The molecule has 3 rings (SSSR count). The van der Waals surface area contributed by atoms with E-state index >= 15 is 0 Å². The van der Waals surface area contributed by atoms with Crippen molar-refractivity contribution >= 4 is 29.9 Å². The van der Waals surface area contributed by atoms with Gasteiger partial charge in [-0.2, -0.15) is 0 Å².